The Hall–Kier alpha value is -1.57. The maximum atomic E-state index is 11.2. The molecule has 3 rings (SSSR count). The van der Waals surface area contributed by atoms with Gasteiger partial charge >= 0.3 is 0 Å². The van der Waals surface area contributed by atoms with Gasteiger partial charge in [0.1, 0.15) is 5.75 Å². The Balaban J connectivity index is 2.02. The van der Waals surface area contributed by atoms with Gasteiger partial charge in [0, 0.05) is 17.6 Å². The highest BCUT2D eigenvalue weighted by Crippen LogP contribution is 2.47. The van der Waals surface area contributed by atoms with Gasteiger partial charge in [0.05, 0.1) is 24.3 Å². The molecule has 106 valence electrons. The van der Waals surface area contributed by atoms with Gasteiger partial charge in [-0.1, -0.05) is 0 Å². The standard InChI is InChI=1S/C16H20N2O2/c1-18-12-4-5-13(18)9-16(19,8-12)14-7-11(10-17)3-6-15(14)20-2/h3,6-7,12-13,19H,4-5,8-9H2,1-2H3. The van der Waals surface area contributed by atoms with Crippen molar-refractivity contribution >= 4 is 0 Å². The van der Waals surface area contributed by atoms with E-state index in [0.29, 0.717) is 36.2 Å². The van der Waals surface area contributed by atoms with Crippen molar-refractivity contribution < 1.29 is 9.84 Å². The van der Waals surface area contributed by atoms with E-state index in [2.05, 4.69) is 18.0 Å². The van der Waals surface area contributed by atoms with Crippen LogP contribution in [0.25, 0.3) is 0 Å². The van der Waals surface area contributed by atoms with Gasteiger partial charge in [0.25, 0.3) is 0 Å². The van der Waals surface area contributed by atoms with Crippen LogP contribution in [0.4, 0.5) is 0 Å². The molecule has 2 aliphatic rings. The number of fused-ring (bicyclic) bond motifs is 2. The van der Waals surface area contributed by atoms with Crippen LogP contribution in [0.2, 0.25) is 0 Å². The van der Waals surface area contributed by atoms with E-state index < -0.39 is 5.60 Å². The van der Waals surface area contributed by atoms with Crippen LogP contribution in [0, 0.1) is 11.3 Å². The van der Waals surface area contributed by atoms with E-state index in [0.717, 1.165) is 18.4 Å². The number of benzene rings is 1. The van der Waals surface area contributed by atoms with Crippen molar-refractivity contribution in [2.24, 2.45) is 0 Å². The summed E-state index contributed by atoms with van der Waals surface area (Å²) in [5, 5.41) is 20.2. The summed E-state index contributed by atoms with van der Waals surface area (Å²) in [6.45, 7) is 0. The van der Waals surface area contributed by atoms with Gasteiger partial charge in [-0.05, 0) is 50.9 Å². The number of rotatable bonds is 2. The summed E-state index contributed by atoms with van der Waals surface area (Å²) in [6.07, 6.45) is 3.71. The van der Waals surface area contributed by atoms with E-state index in [9.17, 15) is 5.11 Å². The third kappa shape index (κ3) is 1.98. The molecule has 4 heteroatoms. The largest absolute Gasteiger partial charge is 0.496 e. The summed E-state index contributed by atoms with van der Waals surface area (Å²) in [5.74, 6) is 0.676. The lowest BCUT2D eigenvalue weighted by Crippen LogP contribution is -2.47. The first-order valence-electron chi connectivity index (χ1n) is 7.10. The average molecular weight is 272 g/mol. The predicted molar refractivity (Wildman–Crippen MR) is 75.4 cm³/mol. The Morgan fingerprint density at radius 3 is 2.55 bits per heavy atom. The van der Waals surface area contributed by atoms with Crippen molar-refractivity contribution in [3.05, 3.63) is 29.3 Å². The van der Waals surface area contributed by atoms with Gasteiger partial charge in [-0.3, -0.25) is 0 Å². The number of ether oxygens (including phenoxy) is 1. The van der Waals surface area contributed by atoms with E-state index in [-0.39, 0.29) is 0 Å². The number of hydrogen-bond acceptors (Lipinski definition) is 4. The van der Waals surface area contributed by atoms with Crippen LogP contribution < -0.4 is 4.74 Å². The molecule has 4 nitrogen and oxygen atoms in total. The maximum absolute atomic E-state index is 11.2. The highest BCUT2D eigenvalue weighted by atomic mass is 16.5. The van der Waals surface area contributed by atoms with Crippen LogP contribution in [0.3, 0.4) is 0 Å². The molecule has 0 amide bonds. The van der Waals surface area contributed by atoms with Gasteiger partial charge in [-0.15, -0.1) is 0 Å². The Labute approximate surface area is 119 Å². The lowest BCUT2D eigenvalue weighted by Gasteiger charge is -2.42. The van der Waals surface area contributed by atoms with Crippen molar-refractivity contribution in [3.63, 3.8) is 0 Å². The zero-order valence-electron chi connectivity index (χ0n) is 12.0. The van der Waals surface area contributed by atoms with Crippen LogP contribution in [-0.2, 0) is 5.60 Å². The highest BCUT2D eigenvalue weighted by Gasteiger charge is 2.47. The molecule has 2 bridgehead atoms. The molecule has 1 aromatic carbocycles. The van der Waals surface area contributed by atoms with E-state index in [4.69, 9.17) is 10.00 Å². The molecule has 2 saturated heterocycles. The molecule has 2 fully saturated rings. The number of nitrogens with zero attached hydrogens (tertiary/aromatic N) is 2. The van der Waals surface area contributed by atoms with Gasteiger partial charge < -0.3 is 14.7 Å². The highest BCUT2D eigenvalue weighted by molar-refractivity contribution is 5.45. The Morgan fingerprint density at radius 1 is 1.35 bits per heavy atom. The molecule has 20 heavy (non-hydrogen) atoms. The number of hydrogen-bond donors (Lipinski definition) is 1. The van der Waals surface area contributed by atoms with E-state index in [1.165, 1.54) is 0 Å². The molecule has 2 atom stereocenters. The third-order valence-corrected chi connectivity index (χ3v) is 4.96. The monoisotopic (exact) mass is 272 g/mol. The molecule has 0 saturated carbocycles. The summed E-state index contributed by atoms with van der Waals surface area (Å²) in [5.41, 5.74) is 0.459. The van der Waals surface area contributed by atoms with Crippen molar-refractivity contribution in [3.8, 4) is 11.8 Å². The summed E-state index contributed by atoms with van der Waals surface area (Å²) >= 11 is 0. The molecule has 2 aliphatic heterocycles. The molecule has 1 aromatic rings. The molecule has 0 aliphatic carbocycles. The fourth-order valence-electron chi connectivity index (χ4n) is 3.81. The number of nitriles is 1. The topological polar surface area (TPSA) is 56.5 Å². The van der Waals surface area contributed by atoms with Crippen LogP contribution in [0.1, 0.15) is 36.8 Å². The number of aliphatic hydroxyl groups is 1. The molecule has 2 heterocycles. The molecule has 0 radical (unpaired) electrons. The van der Waals surface area contributed by atoms with Crippen LogP contribution in [-0.4, -0.2) is 36.2 Å². The normalized spacial score (nSPS) is 32.9. The maximum Gasteiger partial charge on any atom is 0.125 e. The van der Waals surface area contributed by atoms with E-state index in [1.807, 2.05) is 0 Å². The minimum absolute atomic E-state index is 0.425. The zero-order chi connectivity index (χ0) is 14.3. The Morgan fingerprint density at radius 2 is 2.00 bits per heavy atom. The lowest BCUT2D eigenvalue weighted by atomic mass is 9.80. The first-order valence-corrected chi connectivity index (χ1v) is 7.10. The summed E-state index contributed by atoms with van der Waals surface area (Å²) in [4.78, 5) is 2.38. The number of methoxy groups -OCH3 is 1. The van der Waals surface area contributed by atoms with Crippen molar-refractivity contribution in [2.45, 2.75) is 43.4 Å². The van der Waals surface area contributed by atoms with Crippen molar-refractivity contribution in [2.75, 3.05) is 14.2 Å². The molecule has 1 N–H and O–H groups in total. The second kappa shape index (κ2) is 4.76. The van der Waals surface area contributed by atoms with Gasteiger partial charge in [-0.2, -0.15) is 5.26 Å². The smallest absolute Gasteiger partial charge is 0.125 e. The fraction of sp³-hybridized carbons (Fsp3) is 0.562. The average Bonchev–Trinajstić information content (AvgIpc) is 2.69. The van der Waals surface area contributed by atoms with E-state index >= 15 is 0 Å². The Bertz CT molecular complexity index is 550. The first kappa shape index (κ1) is 13.4. The summed E-state index contributed by atoms with van der Waals surface area (Å²) in [6, 6.07) is 8.29. The molecular weight excluding hydrogens is 252 g/mol. The fourth-order valence-corrected chi connectivity index (χ4v) is 3.81. The van der Waals surface area contributed by atoms with Crippen molar-refractivity contribution in [1.29, 1.82) is 5.26 Å². The van der Waals surface area contributed by atoms with Gasteiger partial charge in [0.15, 0.2) is 0 Å². The summed E-state index contributed by atoms with van der Waals surface area (Å²) < 4.78 is 5.40. The van der Waals surface area contributed by atoms with Crippen molar-refractivity contribution in [1.82, 2.24) is 4.90 Å². The second-order valence-electron chi connectivity index (χ2n) is 6.02. The minimum atomic E-state index is -0.878. The minimum Gasteiger partial charge on any atom is -0.496 e. The Kier molecular flexibility index (Phi) is 3.19. The van der Waals surface area contributed by atoms with Crippen LogP contribution in [0.5, 0.6) is 5.75 Å². The quantitative estimate of drug-likeness (QED) is 0.894. The van der Waals surface area contributed by atoms with Gasteiger partial charge in [-0.25, -0.2) is 0 Å². The number of piperidine rings is 1. The van der Waals surface area contributed by atoms with E-state index in [1.54, 1.807) is 25.3 Å². The SMILES string of the molecule is COc1ccc(C#N)cc1C1(O)CC2CCC(C1)N2C. The second-order valence-corrected chi connectivity index (χ2v) is 6.02. The third-order valence-electron chi connectivity index (χ3n) is 4.96. The lowest BCUT2D eigenvalue weighted by molar-refractivity contribution is -0.0506. The zero-order valence-corrected chi connectivity index (χ0v) is 12.0. The van der Waals surface area contributed by atoms with Gasteiger partial charge in [0.2, 0.25) is 0 Å². The molecule has 0 spiro atoms. The molecule has 0 aromatic heterocycles. The molecular formula is C16H20N2O2. The van der Waals surface area contributed by atoms with Crippen LogP contribution in [0.15, 0.2) is 18.2 Å². The predicted octanol–water partition coefficient (Wildman–Crippen LogP) is 2.01. The first-order chi connectivity index (χ1) is 9.57. The summed E-state index contributed by atoms with van der Waals surface area (Å²) in [7, 11) is 3.75. The van der Waals surface area contributed by atoms with Crippen LogP contribution >= 0.6 is 0 Å². The molecule has 2 unspecified atom stereocenters.